The molecule has 0 bridgehead atoms. The fourth-order valence-electron chi connectivity index (χ4n) is 0.125. The predicted molar refractivity (Wildman–Crippen MR) is 51.9 cm³/mol. The van der Waals surface area contributed by atoms with E-state index >= 15 is 0 Å². The van der Waals surface area contributed by atoms with Gasteiger partial charge in [0.1, 0.15) is 0 Å². The van der Waals surface area contributed by atoms with Gasteiger partial charge in [-0.15, -0.1) is 0 Å². The molecule has 0 rings (SSSR count). The van der Waals surface area contributed by atoms with Gasteiger partial charge in [0.15, 0.2) is 0 Å². The summed E-state index contributed by atoms with van der Waals surface area (Å²) in [5, 5.41) is 0. The summed E-state index contributed by atoms with van der Waals surface area (Å²) in [5.74, 6) is 0. The Morgan fingerprint density at radius 3 is 1.43 bits per heavy atom. The van der Waals surface area contributed by atoms with E-state index in [9.17, 15) is 0 Å². The van der Waals surface area contributed by atoms with Crippen molar-refractivity contribution >= 4 is 47.0 Å². The number of nitrogens with one attached hydrogen (secondary N) is 2. The molecule has 0 fully saturated rings. The Labute approximate surface area is 70.4 Å². The Bertz CT molecular complexity index is 51.7. The Kier molecular flexibility index (Phi) is 4.41. The maximum atomic E-state index is 3.19. The number of rotatable bonds is 2. The summed E-state index contributed by atoms with van der Waals surface area (Å²) in [4.78, 5) is 6.38. The lowest BCUT2D eigenvalue weighted by Gasteiger charge is -2.13. The van der Waals surface area contributed by atoms with Gasteiger partial charge in [-0.2, -0.15) is 0 Å². The summed E-state index contributed by atoms with van der Waals surface area (Å²) >= 11 is 4.81. The van der Waals surface area contributed by atoms with Gasteiger partial charge in [0.2, 0.25) is 0 Å². The molecule has 7 heavy (non-hydrogen) atoms. The molecule has 44 valence electrons. The van der Waals surface area contributed by atoms with Crippen LogP contribution in [0.2, 0.25) is 0 Å². The van der Waals surface area contributed by atoms with Crippen LogP contribution in [0, 0.1) is 0 Å². The molecule has 0 aliphatic carbocycles. The van der Waals surface area contributed by atoms with E-state index < -0.39 is 3.39 Å². The second kappa shape index (κ2) is 3.59. The van der Waals surface area contributed by atoms with Crippen molar-refractivity contribution < 1.29 is 0 Å². The molecule has 0 saturated heterocycles. The smallest absolute Gasteiger partial charge is 0.313 e. The zero-order valence-corrected chi connectivity index (χ0v) is 9.57. The van der Waals surface area contributed by atoms with Gasteiger partial charge < -0.3 is 9.96 Å². The van der Waals surface area contributed by atoms with Crippen molar-refractivity contribution in [1.29, 1.82) is 0 Å². The molecule has 0 aliphatic rings. The molecule has 0 saturated carbocycles. The van der Waals surface area contributed by atoms with Gasteiger partial charge in [-0.1, -0.05) is 43.6 Å². The van der Waals surface area contributed by atoms with Gasteiger partial charge in [0.25, 0.3) is 0 Å². The highest BCUT2D eigenvalue weighted by atomic mass is 127. The zero-order valence-electron chi connectivity index (χ0n) is 4.26. The Balaban J connectivity index is 3.36. The number of halogens is 2. The van der Waals surface area contributed by atoms with Gasteiger partial charge in [0.05, 0.1) is 0 Å². The third kappa shape index (κ3) is 4.12. The zero-order chi connectivity index (χ0) is 5.91. The van der Waals surface area contributed by atoms with E-state index in [0.29, 0.717) is 0 Å². The third-order valence-electron chi connectivity index (χ3n) is 0.628. The fourth-order valence-corrected chi connectivity index (χ4v) is 0.375. The van der Waals surface area contributed by atoms with Crippen LogP contribution in [0.15, 0.2) is 0 Å². The molecule has 0 aliphatic heterocycles. The summed E-state index contributed by atoms with van der Waals surface area (Å²) in [7, 11) is 3.95. The first kappa shape index (κ1) is 8.60. The minimum absolute atomic E-state index is 1.21. The molecule has 5 heteroatoms. The highest BCUT2D eigenvalue weighted by Crippen LogP contribution is 2.11. The first-order valence-electron chi connectivity index (χ1n) is 1.88. The summed E-state index contributed by atoms with van der Waals surface area (Å²) in [6, 6.07) is 0. The second-order valence-electron chi connectivity index (χ2n) is 1.07. The molecule has 0 aromatic heterocycles. The molecule has 2 nitrogen and oxygen atoms in total. The van der Waals surface area contributed by atoms with E-state index in [0.717, 1.165) is 0 Å². The molecule has 2 N–H and O–H groups in total. The van der Waals surface area contributed by atoms with Crippen LogP contribution >= 0.6 is 43.6 Å². The summed E-state index contributed by atoms with van der Waals surface area (Å²) in [6.45, 7) is 0. The quantitative estimate of drug-likeness (QED) is 0.439. The lowest BCUT2D eigenvalue weighted by atomic mass is 11.6. The van der Waals surface area contributed by atoms with Crippen LogP contribution < -0.4 is 9.96 Å². The van der Waals surface area contributed by atoms with Gasteiger partial charge >= 0.3 is 3.39 Å². The molecular weight excluding hydrogens is 334 g/mol. The van der Waals surface area contributed by atoms with E-state index in [4.69, 9.17) is 0 Å². The van der Waals surface area contributed by atoms with Gasteiger partial charge in [0, 0.05) is 0 Å². The van der Waals surface area contributed by atoms with Crippen LogP contribution in [-0.2, 0) is 0 Å². The van der Waals surface area contributed by atoms with Crippen LogP contribution in [0.4, 0.5) is 0 Å². The highest BCUT2D eigenvalue weighted by Gasteiger charge is 2.20. The summed E-state index contributed by atoms with van der Waals surface area (Å²) in [5.41, 5.74) is 0. The van der Waals surface area contributed by atoms with Crippen molar-refractivity contribution in [2.75, 3.05) is 14.1 Å². The highest BCUT2D eigenvalue weighted by molar-refractivity contribution is 14.3. The van der Waals surface area contributed by atoms with Crippen molar-refractivity contribution in [3.05, 3.63) is 0 Å². The Hall–Kier alpha value is 1.60. The maximum Gasteiger partial charge on any atom is 0.337 e. The largest absolute Gasteiger partial charge is 0.337 e. The minimum Gasteiger partial charge on any atom is -0.313 e. The van der Waals surface area contributed by atoms with Crippen molar-refractivity contribution in [3.63, 3.8) is 0 Å². The van der Waals surface area contributed by atoms with Crippen LogP contribution in [0.25, 0.3) is 0 Å². The Morgan fingerprint density at radius 1 is 1.14 bits per heavy atom. The van der Waals surface area contributed by atoms with Gasteiger partial charge in [-0.3, -0.25) is 0 Å². The van der Waals surface area contributed by atoms with Crippen LogP contribution in [-0.4, -0.2) is 17.5 Å². The standard InChI is InChI=1S/C2H8I2N2Si/c1-5-7(3,4)6-2/h5-6H,1-2H3. The molecule has 0 atom stereocenters. The lowest BCUT2D eigenvalue weighted by Crippen LogP contribution is -2.48. The molecule has 0 unspecified atom stereocenters. The van der Waals surface area contributed by atoms with E-state index in [2.05, 4.69) is 53.6 Å². The van der Waals surface area contributed by atoms with Crippen LogP contribution in [0.1, 0.15) is 0 Å². The Morgan fingerprint density at radius 2 is 1.43 bits per heavy atom. The SMILES string of the molecule is CN[Si](I)(I)NC. The molecule has 0 aromatic rings. The number of hydrogen-bond acceptors (Lipinski definition) is 2. The molecule has 0 radical (unpaired) electrons. The van der Waals surface area contributed by atoms with Gasteiger partial charge in [-0.05, 0) is 14.1 Å². The monoisotopic (exact) mass is 342 g/mol. The van der Waals surface area contributed by atoms with Crippen molar-refractivity contribution in [1.82, 2.24) is 9.96 Å². The molecular formula is C2H8I2N2Si. The lowest BCUT2D eigenvalue weighted by molar-refractivity contribution is 1.12. The minimum atomic E-state index is -1.21. The first-order valence-corrected chi connectivity index (χ1v) is 10.1. The molecule has 0 heterocycles. The molecule has 0 amide bonds. The average molecular weight is 342 g/mol. The van der Waals surface area contributed by atoms with E-state index in [1.807, 2.05) is 14.1 Å². The van der Waals surface area contributed by atoms with Crippen LogP contribution in [0.5, 0.6) is 0 Å². The third-order valence-corrected chi connectivity index (χ3v) is 8.36. The first-order chi connectivity index (χ1) is 3.12. The summed E-state index contributed by atoms with van der Waals surface area (Å²) in [6.07, 6.45) is 0. The van der Waals surface area contributed by atoms with E-state index in [-0.39, 0.29) is 0 Å². The van der Waals surface area contributed by atoms with Crippen LogP contribution in [0.3, 0.4) is 0 Å². The maximum absolute atomic E-state index is 3.19. The van der Waals surface area contributed by atoms with E-state index in [1.54, 1.807) is 0 Å². The fraction of sp³-hybridized carbons (Fsp3) is 1.00. The van der Waals surface area contributed by atoms with Crippen molar-refractivity contribution in [2.24, 2.45) is 0 Å². The molecule has 0 aromatic carbocycles. The molecule has 0 spiro atoms. The predicted octanol–water partition coefficient (Wildman–Crippen LogP) is 0.731. The number of hydrogen-bond donors (Lipinski definition) is 2. The van der Waals surface area contributed by atoms with Crippen molar-refractivity contribution in [3.8, 4) is 0 Å². The second-order valence-corrected chi connectivity index (χ2v) is 19.1. The average Bonchev–Trinajstić information content (AvgIpc) is 1.68. The topological polar surface area (TPSA) is 24.1 Å². The van der Waals surface area contributed by atoms with Crippen molar-refractivity contribution in [2.45, 2.75) is 0 Å². The normalized spacial score (nSPS) is 12.0. The summed E-state index contributed by atoms with van der Waals surface area (Å²) < 4.78 is -1.21. The van der Waals surface area contributed by atoms with E-state index in [1.165, 1.54) is 0 Å². The van der Waals surface area contributed by atoms with Gasteiger partial charge in [-0.25, -0.2) is 0 Å².